The van der Waals surface area contributed by atoms with E-state index in [2.05, 4.69) is 0 Å². The summed E-state index contributed by atoms with van der Waals surface area (Å²) < 4.78 is 20.6. The Morgan fingerprint density at radius 3 is 2.90 bits per heavy atom. The van der Waals surface area contributed by atoms with Crippen molar-refractivity contribution in [2.75, 3.05) is 6.61 Å². The number of amides is 1. The third-order valence-corrected chi connectivity index (χ3v) is 2.81. The highest BCUT2D eigenvalue weighted by Crippen LogP contribution is 2.15. The molecule has 1 aromatic heterocycles. The summed E-state index contributed by atoms with van der Waals surface area (Å²) in [6.45, 7) is 0.796. The van der Waals surface area contributed by atoms with Crippen molar-refractivity contribution in [1.29, 1.82) is 0 Å². The fourth-order valence-electron chi connectivity index (χ4n) is 1.80. The van der Waals surface area contributed by atoms with E-state index in [9.17, 15) is 9.18 Å². The summed E-state index contributed by atoms with van der Waals surface area (Å²) in [5.74, 6) is -0.795. The molecule has 0 saturated carbocycles. The Kier molecular flexibility index (Phi) is 5.11. The third-order valence-electron chi connectivity index (χ3n) is 2.81. The molecule has 2 aromatic rings. The third kappa shape index (κ3) is 4.19. The van der Waals surface area contributed by atoms with Crippen LogP contribution in [0.1, 0.15) is 5.69 Å². The molecule has 1 aromatic carbocycles. The molecule has 0 aliphatic heterocycles. The number of hydrogen-bond donors (Lipinski definition) is 2. The van der Waals surface area contributed by atoms with E-state index >= 15 is 0 Å². The average Bonchev–Trinajstić information content (AvgIpc) is 2.94. The first-order valence-electron chi connectivity index (χ1n) is 6.35. The Labute approximate surface area is 121 Å². The molecule has 6 heteroatoms. The van der Waals surface area contributed by atoms with Gasteiger partial charge in [0.1, 0.15) is 6.61 Å². The fourth-order valence-corrected chi connectivity index (χ4v) is 1.80. The van der Waals surface area contributed by atoms with Crippen LogP contribution in [0.4, 0.5) is 4.39 Å². The van der Waals surface area contributed by atoms with Crippen molar-refractivity contribution >= 4 is 12.0 Å². The number of ether oxygens (including phenoxy) is 1. The van der Waals surface area contributed by atoms with E-state index in [4.69, 9.17) is 9.94 Å². The smallest absolute Gasteiger partial charge is 0.267 e. The largest absolute Gasteiger partial charge is 0.489 e. The van der Waals surface area contributed by atoms with E-state index in [-0.39, 0.29) is 5.75 Å². The lowest BCUT2D eigenvalue weighted by Crippen LogP contribution is -2.15. The molecular formula is C15H15FN2O3. The summed E-state index contributed by atoms with van der Waals surface area (Å²) in [7, 11) is 0. The highest BCUT2D eigenvalue weighted by Gasteiger charge is 2.02. The Bertz CT molecular complexity index is 637. The van der Waals surface area contributed by atoms with Crippen molar-refractivity contribution < 1.29 is 19.1 Å². The van der Waals surface area contributed by atoms with Gasteiger partial charge in [0, 0.05) is 18.0 Å². The Balaban J connectivity index is 1.92. The quantitative estimate of drug-likeness (QED) is 0.487. The van der Waals surface area contributed by atoms with Crippen molar-refractivity contribution in [3.8, 4) is 5.75 Å². The van der Waals surface area contributed by atoms with E-state index in [0.717, 1.165) is 5.69 Å². The number of nitrogens with one attached hydrogen (secondary N) is 1. The van der Waals surface area contributed by atoms with Crippen LogP contribution in [0.5, 0.6) is 5.75 Å². The molecule has 0 unspecified atom stereocenters. The Morgan fingerprint density at radius 1 is 1.33 bits per heavy atom. The van der Waals surface area contributed by atoms with Gasteiger partial charge in [0.15, 0.2) is 11.6 Å². The first-order chi connectivity index (χ1) is 10.2. The molecule has 0 spiro atoms. The van der Waals surface area contributed by atoms with Gasteiger partial charge >= 0.3 is 0 Å². The molecular weight excluding hydrogens is 275 g/mol. The number of carbonyl (C=O) groups excluding carboxylic acids is 1. The van der Waals surface area contributed by atoms with Crippen molar-refractivity contribution in [2.45, 2.75) is 6.54 Å². The van der Waals surface area contributed by atoms with Gasteiger partial charge in [0.05, 0.1) is 6.54 Å². The van der Waals surface area contributed by atoms with Crippen molar-refractivity contribution in [1.82, 2.24) is 10.0 Å². The first kappa shape index (κ1) is 14.8. The van der Waals surface area contributed by atoms with Gasteiger partial charge in [-0.2, -0.15) is 0 Å². The maximum Gasteiger partial charge on any atom is 0.267 e. The number of para-hydroxylation sites is 1. The predicted molar refractivity (Wildman–Crippen MR) is 75.3 cm³/mol. The minimum atomic E-state index is -0.606. The molecule has 2 rings (SSSR count). The number of hydrogen-bond acceptors (Lipinski definition) is 3. The number of halogens is 1. The van der Waals surface area contributed by atoms with Crippen LogP contribution in [0, 0.1) is 5.82 Å². The fraction of sp³-hybridized carbons (Fsp3) is 0.133. The number of carbonyl (C=O) groups is 1. The lowest BCUT2D eigenvalue weighted by molar-refractivity contribution is -0.124. The molecule has 21 heavy (non-hydrogen) atoms. The van der Waals surface area contributed by atoms with Crippen LogP contribution in [-0.4, -0.2) is 22.3 Å². The summed E-state index contributed by atoms with van der Waals surface area (Å²) in [5, 5.41) is 8.41. The standard InChI is InChI=1S/C15H15FN2O3/c16-13-5-1-2-6-14(13)21-11-10-18-9-3-4-12(18)7-8-15(19)17-20/h1-9,20H,10-11H2,(H,17,19). The highest BCUT2D eigenvalue weighted by molar-refractivity contribution is 5.90. The second kappa shape index (κ2) is 7.25. The molecule has 0 aliphatic carbocycles. The second-order valence-electron chi connectivity index (χ2n) is 4.21. The molecule has 0 radical (unpaired) electrons. The van der Waals surface area contributed by atoms with Gasteiger partial charge in [-0.1, -0.05) is 12.1 Å². The Hall–Kier alpha value is -2.60. The zero-order valence-electron chi connectivity index (χ0n) is 11.2. The molecule has 0 aliphatic rings. The number of hydroxylamine groups is 1. The van der Waals surface area contributed by atoms with Crippen molar-refractivity contribution in [3.05, 3.63) is 60.2 Å². The van der Waals surface area contributed by atoms with Crippen LogP contribution < -0.4 is 10.2 Å². The topological polar surface area (TPSA) is 63.5 Å². The second-order valence-corrected chi connectivity index (χ2v) is 4.21. The molecule has 1 amide bonds. The highest BCUT2D eigenvalue weighted by atomic mass is 19.1. The number of nitrogens with zero attached hydrogens (tertiary/aromatic N) is 1. The minimum absolute atomic E-state index is 0.210. The monoisotopic (exact) mass is 290 g/mol. The molecule has 0 fully saturated rings. The van der Waals surface area contributed by atoms with Gasteiger partial charge in [-0.3, -0.25) is 10.0 Å². The van der Waals surface area contributed by atoms with Gasteiger partial charge in [0.25, 0.3) is 5.91 Å². The summed E-state index contributed by atoms with van der Waals surface area (Å²) in [6.07, 6.45) is 4.60. The molecule has 0 bridgehead atoms. The molecule has 1 heterocycles. The van der Waals surface area contributed by atoms with E-state index in [1.807, 2.05) is 22.9 Å². The SMILES string of the molecule is O=C(C=Cc1cccn1CCOc1ccccc1F)NO. The average molecular weight is 290 g/mol. The summed E-state index contributed by atoms with van der Waals surface area (Å²) >= 11 is 0. The van der Waals surface area contributed by atoms with E-state index < -0.39 is 11.7 Å². The first-order valence-corrected chi connectivity index (χ1v) is 6.35. The van der Waals surface area contributed by atoms with Crippen molar-refractivity contribution in [2.24, 2.45) is 0 Å². The Morgan fingerprint density at radius 2 is 2.14 bits per heavy atom. The van der Waals surface area contributed by atoms with Gasteiger partial charge in [-0.05, 0) is 30.3 Å². The number of benzene rings is 1. The summed E-state index contributed by atoms with van der Waals surface area (Å²) in [5.41, 5.74) is 2.29. The molecule has 2 N–H and O–H groups in total. The van der Waals surface area contributed by atoms with Crippen LogP contribution >= 0.6 is 0 Å². The molecule has 5 nitrogen and oxygen atoms in total. The number of rotatable bonds is 6. The van der Waals surface area contributed by atoms with E-state index in [1.54, 1.807) is 24.3 Å². The zero-order chi connectivity index (χ0) is 15.1. The van der Waals surface area contributed by atoms with Crippen LogP contribution in [0.25, 0.3) is 6.08 Å². The lowest BCUT2D eigenvalue weighted by Gasteiger charge is -2.09. The molecule has 0 saturated heterocycles. The van der Waals surface area contributed by atoms with Gasteiger partial charge in [-0.15, -0.1) is 0 Å². The van der Waals surface area contributed by atoms with Crippen LogP contribution in [0.15, 0.2) is 48.7 Å². The normalized spacial score (nSPS) is 10.8. The van der Waals surface area contributed by atoms with Crippen LogP contribution in [-0.2, 0) is 11.3 Å². The van der Waals surface area contributed by atoms with Crippen molar-refractivity contribution in [3.63, 3.8) is 0 Å². The zero-order valence-corrected chi connectivity index (χ0v) is 11.2. The van der Waals surface area contributed by atoms with Crippen LogP contribution in [0.3, 0.4) is 0 Å². The van der Waals surface area contributed by atoms with Gasteiger partial charge in [0.2, 0.25) is 0 Å². The summed E-state index contributed by atoms with van der Waals surface area (Å²) in [6, 6.07) is 9.84. The minimum Gasteiger partial charge on any atom is -0.489 e. The molecule has 110 valence electrons. The predicted octanol–water partition coefficient (Wildman–Crippen LogP) is 2.22. The van der Waals surface area contributed by atoms with Gasteiger partial charge in [-0.25, -0.2) is 9.87 Å². The molecule has 0 atom stereocenters. The van der Waals surface area contributed by atoms with E-state index in [1.165, 1.54) is 17.6 Å². The lowest BCUT2D eigenvalue weighted by atomic mass is 10.3. The van der Waals surface area contributed by atoms with E-state index in [0.29, 0.717) is 13.2 Å². The maximum atomic E-state index is 13.4. The maximum absolute atomic E-state index is 13.4. The number of aromatic nitrogens is 1. The van der Waals surface area contributed by atoms with Crippen LogP contribution in [0.2, 0.25) is 0 Å². The summed E-state index contributed by atoms with van der Waals surface area (Å²) in [4.78, 5) is 10.9. The van der Waals surface area contributed by atoms with Gasteiger partial charge < -0.3 is 9.30 Å².